The molecule has 1 aromatic heterocycles. The van der Waals surface area contributed by atoms with Gasteiger partial charge in [0.05, 0.1) is 5.69 Å². The number of benzene rings is 9. The molecule has 1 heterocycles. The molecule has 0 radical (unpaired) electrons. The third-order valence-electron chi connectivity index (χ3n) is 12.3. The Morgan fingerprint density at radius 1 is 0.356 bits per heavy atom. The number of rotatable bonds is 7. The summed E-state index contributed by atoms with van der Waals surface area (Å²) in [6.45, 7) is 4.70. The number of furan rings is 1. The van der Waals surface area contributed by atoms with E-state index in [4.69, 9.17) is 4.42 Å². The highest BCUT2D eigenvalue weighted by Gasteiger charge is 2.35. The lowest BCUT2D eigenvalue weighted by Gasteiger charge is -2.30. The SMILES string of the molecule is CC1(C)c2ccccc2-c2ccc(-c3cccc(N(c4ccc5c(c4)oc4ccccc45)c4cccc(-c5ccccc5)c4-c4ccccc4-c4ccccc4)c3)cc21. The molecule has 0 saturated heterocycles. The molecular weight excluding hydrogens is 715 g/mol. The molecular formula is C57H41NO. The topological polar surface area (TPSA) is 16.4 Å². The minimum Gasteiger partial charge on any atom is -0.456 e. The molecule has 0 atom stereocenters. The van der Waals surface area contributed by atoms with Crippen LogP contribution in [-0.4, -0.2) is 0 Å². The normalized spacial score (nSPS) is 12.7. The summed E-state index contributed by atoms with van der Waals surface area (Å²) < 4.78 is 6.56. The average molecular weight is 756 g/mol. The van der Waals surface area contributed by atoms with Crippen LogP contribution in [0.5, 0.6) is 0 Å². The van der Waals surface area contributed by atoms with Crippen molar-refractivity contribution in [2.24, 2.45) is 0 Å². The highest BCUT2D eigenvalue weighted by molar-refractivity contribution is 6.07. The lowest BCUT2D eigenvalue weighted by atomic mass is 9.81. The van der Waals surface area contributed by atoms with Crippen LogP contribution < -0.4 is 4.90 Å². The van der Waals surface area contributed by atoms with Crippen LogP contribution in [-0.2, 0) is 5.41 Å². The molecule has 10 aromatic rings. The number of nitrogens with zero attached hydrogens (tertiary/aromatic N) is 1. The van der Waals surface area contributed by atoms with Crippen LogP contribution in [0.3, 0.4) is 0 Å². The van der Waals surface area contributed by atoms with E-state index in [0.29, 0.717) is 0 Å². The van der Waals surface area contributed by atoms with Crippen LogP contribution in [0.15, 0.2) is 217 Å². The second-order valence-corrected chi connectivity index (χ2v) is 16.1. The largest absolute Gasteiger partial charge is 0.456 e. The van der Waals surface area contributed by atoms with Crippen molar-refractivity contribution in [3.63, 3.8) is 0 Å². The Labute approximate surface area is 345 Å². The molecule has 0 spiro atoms. The molecule has 280 valence electrons. The third-order valence-corrected chi connectivity index (χ3v) is 12.3. The van der Waals surface area contributed by atoms with Crippen molar-refractivity contribution in [3.05, 3.63) is 223 Å². The number of hydrogen-bond donors (Lipinski definition) is 0. The fourth-order valence-corrected chi connectivity index (χ4v) is 9.43. The van der Waals surface area contributed by atoms with Gasteiger partial charge in [0, 0.05) is 39.2 Å². The summed E-state index contributed by atoms with van der Waals surface area (Å²) in [7, 11) is 0. The molecule has 0 amide bonds. The van der Waals surface area contributed by atoms with Crippen molar-refractivity contribution in [2.75, 3.05) is 4.90 Å². The Kier molecular flexibility index (Phi) is 8.20. The van der Waals surface area contributed by atoms with Crippen LogP contribution in [0.25, 0.3) is 77.6 Å². The molecule has 1 aliphatic rings. The van der Waals surface area contributed by atoms with Gasteiger partial charge in [-0.1, -0.05) is 178 Å². The van der Waals surface area contributed by atoms with Crippen molar-refractivity contribution in [2.45, 2.75) is 19.3 Å². The van der Waals surface area contributed by atoms with Crippen LogP contribution in [0.2, 0.25) is 0 Å². The van der Waals surface area contributed by atoms with E-state index < -0.39 is 0 Å². The fraction of sp³-hybridized carbons (Fsp3) is 0.0526. The van der Waals surface area contributed by atoms with E-state index in [2.05, 4.69) is 225 Å². The zero-order valence-electron chi connectivity index (χ0n) is 33.1. The zero-order chi connectivity index (χ0) is 39.5. The van der Waals surface area contributed by atoms with Crippen LogP contribution in [0.4, 0.5) is 17.1 Å². The van der Waals surface area contributed by atoms with Crippen molar-refractivity contribution in [1.29, 1.82) is 0 Å². The maximum atomic E-state index is 6.56. The Bertz CT molecular complexity index is 3190. The number of fused-ring (bicyclic) bond motifs is 6. The molecule has 0 aliphatic heterocycles. The van der Waals surface area contributed by atoms with Crippen molar-refractivity contribution < 1.29 is 4.42 Å². The molecule has 59 heavy (non-hydrogen) atoms. The van der Waals surface area contributed by atoms with Crippen LogP contribution in [0.1, 0.15) is 25.0 Å². The zero-order valence-corrected chi connectivity index (χ0v) is 33.1. The Morgan fingerprint density at radius 3 is 1.75 bits per heavy atom. The Hall–Kier alpha value is -7.42. The summed E-state index contributed by atoms with van der Waals surface area (Å²) >= 11 is 0. The summed E-state index contributed by atoms with van der Waals surface area (Å²) in [6, 6.07) is 76.9. The first-order chi connectivity index (χ1) is 29.0. The first-order valence-corrected chi connectivity index (χ1v) is 20.4. The van der Waals surface area contributed by atoms with Gasteiger partial charge < -0.3 is 9.32 Å². The quantitative estimate of drug-likeness (QED) is 0.161. The van der Waals surface area contributed by atoms with Crippen molar-refractivity contribution >= 4 is 39.0 Å². The molecule has 0 N–H and O–H groups in total. The first kappa shape index (κ1) is 34.8. The monoisotopic (exact) mass is 755 g/mol. The van der Waals surface area contributed by atoms with Gasteiger partial charge in [-0.2, -0.15) is 0 Å². The Morgan fingerprint density at radius 2 is 0.932 bits per heavy atom. The summed E-state index contributed by atoms with van der Waals surface area (Å²) in [6.07, 6.45) is 0. The summed E-state index contributed by atoms with van der Waals surface area (Å²) in [5.74, 6) is 0. The maximum absolute atomic E-state index is 6.56. The van der Waals surface area contributed by atoms with E-state index in [9.17, 15) is 0 Å². The average Bonchev–Trinajstić information content (AvgIpc) is 3.78. The van der Waals surface area contributed by atoms with E-state index in [1.54, 1.807) is 0 Å². The summed E-state index contributed by atoms with van der Waals surface area (Å²) in [5, 5.41) is 2.22. The highest BCUT2D eigenvalue weighted by Crippen LogP contribution is 2.51. The van der Waals surface area contributed by atoms with Gasteiger partial charge in [-0.3, -0.25) is 0 Å². The molecule has 0 bridgehead atoms. The van der Waals surface area contributed by atoms with Gasteiger partial charge in [0.15, 0.2) is 0 Å². The van der Waals surface area contributed by atoms with Crippen molar-refractivity contribution in [1.82, 2.24) is 0 Å². The predicted octanol–water partition coefficient (Wildman–Crippen LogP) is 16.0. The van der Waals surface area contributed by atoms with Gasteiger partial charge in [0.1, 0.15) is 11.2 Å². The molecule has 0 unspecified atom stereocenters. The molecule has 0 fully saturated rings. The van der Waals surface area contributed by atoms with E-state index in [0.717, 1.165) is 61.3 Å². The highest BCUT2D eigenvalue weighted by atomic mass is 16.3. The molecule has 1 aliphatic carbocycles. The predicted molar refractivity (Wildman–Crippen MR) is 248 cm³/mol. The minimum atomic E-state index is -0.0908. The first-order valence-electron chi connectivity index (χ1n) is 20.4. The second-order valence-electron chi connectivity index (χ2n) is 16.1. The van der Waals surface area contributed by atoms with Gasteiger partial charge in [0.25, 0.3) is 0 Å². The molecule has 11 rings (SSSR count). The van der Waals surface area contributed by atoms with Gasteiger partial charge >= 0.3 is 0 Å². The summed E-state index contributed by atoms with van der Waals surface area (Å²) in [4.78, 5) is 2.42. The Balaban J connectivity index is 1.16. The van der Waals surface area contributed by atoms with Gasteiger partial charge in [-0.15, -0.1) is 0 Å². The molecule has 0 saturated carbocycles. The molecule has 2 heteroatoms. The van der Waals surface area contributed by atoms with E-state index in [1.165, 1.54) is 44.5 Å². The number of hydrogen-bond acceptors (Lipinski definition) is 2. The number of anilines is 3. The fourth-order valence-electron chi connectivity index (χ4n) is 9.43. The van der Waals surface area contributed by atoms with Crippen molar-refractivity contribution in [3.8, 4) is 55.6 Å². The smallest absolute Gasteiger partial charge is 0.137 e. The van der Waals surface area contributed by atoms with Crippen LogP contribution in [0, 0.1) is 0 Å². The lowest BCUT2D eigenvalue weighted by molar-refractivity contribution is 0.660. The third kappa shape index (κ3) is 5.79. The lowest BCUT2D eigenvalue weighted by Crippen LogP contribution is -2.15. The van der Waals surface area contributed by atoms with Crippen LogP contribution >= 0.6 is 0 Å². The molecule has 9 aromatic carbocycles. The van der Waals surface area contributed by atoms with Gasteiger partial charge in [0.2, 0.25) is 0 Å². The maximum Gasteiger partial charge on any atom is 0.137 e. The number of para-hydroxylation sites is 1. The standard InChI is InChI=1S/C57H41NO/c1-57(2)51-28-13-11-24-46(51)47-33-31-41(36-52(47)57)40-21-15-22-42(35-40)58(43-32-34-49-48-25-12-14-30-54(48)59-55(49)37-43)53-29-16-27-45(39-19-7-4-8-20-39)56(53)50-26-10-9-23-44(50)38-17-5-3-6-18-38/h3-37H,1-2H3. The van der Waals surface area contributed by atoms with E-state index >= 15 is 0 Å². The van der Waals surface area contributed by atoms with E-state index in [1.807, 2.05) is 6.07 Å². The summed E-state index contributed by atoms with van der Waals surface area (Å²) in [5.41, 5.74) is 19.6. The van der Waals surface area contributed by atoms with E-state index in [-0.39, 0.29) is 5.41 Å². The van der Waals surface area contributed by atoms with Gasteiger partial charge in [-0.05, 0) is 104 Å². The molecule has 2 nitrogen and oxygen atoms in total. The van der Waals surface area contributed by atoms with Gasteiger partial charge in [-0.25, -0.2) is 0 Å². The minimum absolute atomic E-state index is 0.0908. The second kappa shape index (κ2) is 13.9.